The number of nitrogens with one attached hydrogen (secondary N) is 2. The average Bonchev–Trinajstić information content (AvgIpc) is 3.18. The van der Waals surface area contributed by atoms with Crippen molar-refractivity contribution in [2.75, 3.05) is 16.8 Å². The van der Waals surface area contributed by atoms with Crippen LogP contribution in [0.15, 0.2) is 24.3 Å². The van der Waals surface area contributed by atoms with Crippen LogP contribution in [0.2, 0.25) is 0 Å². The summed E-state index contributed by atoms with van der Waals surface area (Å²) in [6.45, 7) is 5.83. The van der Waals surface area contributed by atoms with Gasteiger partial charge in [-0.15, -0.1) is 0 Å². The van der Waals surface area contributed by atoms with Crippen molar-refractivity contribution in [3.05, 3.63) is 24.3 Å². The van der Waals surface area contributed by atoms with Crippen molar-refractivity contribution in [3.63, 3.8) is 0 Å². The van der Waals surface area contributed by atoms with E-state index < -0.39 is 14.8 Å². The summed E-state index contributed by atoms with van der Waals surface area (Å²) < 4.78 is 26.6. The maximum atomic E-state index is 12.7. The van der Waals surface area contributed by atoms with Crippen LogP contribution < -0.4 is 20.7 Å². The molecule has 31 heavy (non-hydrogen) atoms. The lowest BCUT2D eigenvalue weighted by Crippen LogP contribution is -2.46. The molecule has 0 radical (unpaired) electrons. The van der Waals surface area contributed by atoms with Crippen molar-refractivity contribution < 1.29 is 18.0 Å². The molecule has 1 atom stereocenters. The first-order chi connectivity index (χ1) is 14.5. The van der Waals surface area contributed by atoms with E-state index in [1.807, 2.05) is 29.2 Å². The van der Waals surface area contributed by atoms with E-state index in [2.05, 4.69) is 10.0 Å². The number of rotatable bonds is 6. The molecular formula is C22H34N4O4S. The number of hydrogen-bond donors (Lipinski definition) is 3. The van der Waals surface area contributed by atoms with Gasteiger partial charge in [-0.1, -0.05) is 0 Å². The molecule has 0 aromatic heterocycles. The Morgan fingerprint density at radius 2 is 1.65 bits per heavy atom. The smallest absolute Gasteiger partial charge is 0.240 e. The largest absolute Gasteiger partial charge is 0.368 e. The highest BCUT2D eigenvalue weighted by Crippen LogP contribution is 2.29. The molecule has 9 heteroatoms. The third-order valence-electron chi connectivity index (χ3n) is 6.27. The van der Waals surface area contributed by atoms with E-state index in [0.717, 1.165) is 25.1 Å². The monoisotopic (exact) mass is 450 g/mol. The predicted octanol–water partition coefficient (Wildman–Crippen LogP) is 2.36. The van der Waals surface area contributed by atoms with E-state index in [-0.39, 0.29) is 29.8 Å². The Kier molecular flexibility index (Phi) is 6.95. The van der Waals surface area contributed by atoms with Gasteiger partial charge in [0.2, 0.25) is 21.8 Å². The van der Waals surface area contributed by atoms with Gasteiger partial charge in [-0.25, -0.2) is 13.1 Å². The second kappa shape index (κ2) is 9.16. The normalized spacial score (nSPS) is 24.7. The Bertz CT molecular complexity index is 900. The standard InChI is InChI=1S/C22H34N4O4S/c1-22(2,3)31(29,30)25-17-8-6-15(7-9-17)21(28)24-16-10-12-18(13-11-16)26-14-4-5-19(26)20(23)27/h10-13,15,17,19,25H,4-9,14H2,1-3H3,(H2,23,27)(H,24,28). The molecule has 1 aliphatic carbocycles. The summed E-state index contributed by atoms with van der Waals surface area (Å²) in [6.07, 6.45) is 4.29. The Morgan fingerprint density at radius 1 is 1.03 bits per heavy atom. The molecule has 172 valence electrons. The van der Waals surface area contributed by atoms with Crippen LogP contribution >= 0.6 is 0 Å². The van der Waals surface area contributed by atoms with Crippen LogP contribution in [-0.4, -0.2) is 43.6 Å². The molecular weight excluding hydrogens is 416 g/mol. The maximum absolute atomic E-state index is 12.7. The number of nitrogens with two attached hydrogens (primary N) is 1. The zero-order valence-corrected chi connectivity index (χ0v) is 19.4. The fraction of sp³-hybridized carbons (Fsp3) is 0.636. The molecule has 1 saturated carbocycles. The first kappa shape index (κ1) is 23.5. The fourth-order valence-electron chi connectivity index (χ4n) is 4.22. The van der Waals surface area contributed by atoms with E-state index in [1.54, 1.807) is 20.8 Å². The molecule has 1 aliphatic heterocycles. The summed E-state index contributed by atoms with van der Waals surface area (Å²) in [5.74, 6) is -0.482. The number of anilines is 2. The molecule has 1 saturated heterocycles. The van der Waals surface area contributed by atoms with Crippen molar-refractivity contribution in [2.24, 2.45) is 11.7 Å². The molecule has 0 spiro atoms. The molecule has 3 rings (SSSR count). The highest BCUT2D eigenvalue weighted by Gasteiger charge is 2.34. The van der Waals surface area contributed by atoms with Crippen LogP contribution in [0.3, 0.4) is 0 Å². The van der Waals surface area contributed by atoms with Crippen molar-refractivity contribution >= 4 is 33.2 Å². The molecule has 1 aromatic carbocycles. The molecule has 2 aliphatic rings. The van der Waals surface area contributed by atoms with Gasteiger partial charge >= 0.3 is 0 Å². The zero-order chi connectivity index (χ0) is 22.8. The van der Waals surface area contributed by atoms with Gasteiger partial charge in [-0.2, -0.15) is 0 Å². The number of amides is 2. The number of nitrogens with zero attached hydrogens (tertiary/aromatic N) is 1. The molecule has 1 unspecified atom stereocenters. The summed E-state index contributed by atoms with van der Waals surface area (Å²) in [7, 11) is -3.39. The van der Waals surface area contributed by atoms with E-state index in [9.17, 15) is 18.0 Å². The molecule has 1 heterocycles. The van der Waals surface area contributed by atoms with Crippen molar-refractivity contribution in [1.82, 2.24) is 4.72 Å². The van der Waals surface area contributed by atoms with Crippen molar-refractivity contribution in [1.29, 1.82) is 0 Å². The first-order valence-electron chi connectivity index (χ1n) is 11.0. The maximum Gasteiger partial charge on any atom is 0.240 e. The van der Waals surface area contributed by atoms with Crippen LogP contribution in [0.5, 0.6) is 0 Å². The Morgan fingerprint density at radius 3 is 2.19 bits per heavy atom. The van der Waals surface area contributed by atoms with Gasteiger partial charge in [-0.3, -0.25) is 9.59 Å². The van der Waals surface area contributed by atoms with E-state index in [0.29, 0.717) is 31.4 Å². The van der Waals surface area contributed by atoms with Gasteiger partial charge in [0.1, 0.15) is 6.04 Å². The quantitative estimate of drug-likeness (QED) is 0.614. The molecule has 4 N–H and O–H groups in total. The fourth-order valence-corrected chi connectivity index (χ4v) is 5.25. The van der Waals surface area contributed by atoms with Gasteiger partial charge < -0.3 is 16.0 Å². The van der Waals surface area contributed by atoms with Crippen LogP contribution in [-0.2, 0) is 19.6 Å². The Hall–Kier alpha value is -2.13. The highest BCUT2D eigenvalue weighted by atomic mass is 32.2. The predicted molar refractivity (Wildman–Crippen MR) is 122 cm³/mol. The summed E-state index contributed by atoms with van der Waals surface area (Å²) in [6, 6.07) is 7.08. The summed E-state index contributed by atoms with van der Waals surface area (Å²) in [4.78, 5) is 26.3. The third-order valence-corrected chi connectivity index (χ3v) is 8.53. The lowest BCUT2D eigenvalue weighted by Gasteiger charge is -2.30. The lowest BCUT2D eigenvalue weighted by atomic mass is 9.86. The average molecular weight is 451 g/mol. The summed E-state index contributed by atoms with van der Waals surface area (Å²) in [5, 5.41) is 2.96. The van der Waals surface area contributed by atoms with Crippen molar-refractivity contribution in [3.8, 4) is 0 Å². The second-order valence-electron chi connectivity index (χ2n) is 9.57. The molecule has 2 fully saturated rings. The van der Waals surface area contributed by atoms with E-state index >= 15 is 0 Å². The number of primary amides is 1. The van der Waals surface area contributed by atoms with Crippen LogP contribution in [0.1, 0.15) is 59.3 Å². The van der Waals surface area contributed by atoms with E-state index in [4.69, 9.17) is 5.73 Å². The molecule has 0 bridgehead atoms. The zero-order valence-electron chi connectivity index (χ0n) is 18.6. The third kappa shape index (κ3) is 5.57. The summed E-state index contributed by atoms with van der Waals surface area (Å²) >= 11 is 0. The number of hydrogen-bond acceptors (Lipinski definition) is 5. The number of benzene rings is 1. The van der Waals surface area contributed by atoms with E-state index in [1.165, 1.54) is 0 Å². The first-order valence-corrected chi connectivity index (χ1v) is 12.4. The number of carbonyl (C=O) groups excluding carboxylic acids is 2. The minimum atomic E-state index is -3.39. The Labute approximate surface area is 185 Å². The van der Waals surface area contributed by atoms with Crippen molar-refractivity contribution in [2.45, 2.75) is 76.1 Å². The number of carbonyl (C=O) groups is 2. The Balaban J connectivity index is 1.52. The minimum absolute atomic E-state index is 0.0407. The minimum Gasteiger partial charge on any atom is -0.368 e. The van der Waals surface area contributed by atoms with Gasteiger partial charge in [0.15, 0.2) is 0 Å². The van der Waals surface area contributed by atoms with Gasteiger partial charge in [0.05, 0.1) is 4.75 Å². The van der Waals surface area contributed by atoms with Gasteiger partial charge in [-0.05, 0) is 83.6 Å². The molecule has 2 amide bonds. The SMILES string of the molecule is CC(C)(C)S(=O)(=O)NC1CCC(C(=O)Nc2ccc(N3CCCC3C(N)=O)cc2)CC1. The second-order valence-corrected chi connectivity index (χ2v) is 12.0. The van der Waals surface area contributed by atoms with Crippen LogP contribution in [0, 0.1) is 5.92 Å². The van der Waals surface area contributed by atoms with Crippen LogP contribution in [0.4, 0.5) is 11.4 Å². The topological polar surface area (TPSA) is 122 Å². The highest BCUT2D eigenvalue weighted by molar-refractivity contribution is 7.90. The van der Waals surface area contributed by atoms with Crippen LogP contribution in [0.25, 0.3) is 0 Å². The molecule has 8 nitrogen and oxygen atoms in total. The molecule has 1 aromatic rings. The van der Waals surface area contributed by atoms with Gasteiger partial charge in [0, 0.05) is 29.9 Å². The number of sulfonamides is 1. The van der Waals surface area contributed by atoms with Gasteiger partial charge in [0.25, 0.3) is 0 Å². The lowest BCUT2D eigenvalue weighted by molar-refractivity contribution is -0.121. The summed E-state index contributed by atoms with van der Waals surface area (Å²) in [5.41, 5.74) is 7.12.